The lowest BCUT2D eigenvalue weighted by atomic mass is 10.1. The summed E-state index contributed by atoms with van der Waals surface area (Å²) < 4.78 is 7.54. The van der Waals surface area contributed by atoms with Crippen LogP contribution in [0.1, 0.15) is 37.5 Å². The number of aliphatic hydroxyl groups excluding tert-OH is 1. The highest BCUT2D eigenvalue weighted by atomic mass is 16.5. The van der Waals surface area contributed by atoms with Crippen LogP contribution in [-0.4, -0.2) is 14.9 Å². The molecule has 1 atom stereocenters. The first kappa shape index (κ1) is 14.1. The molecule has 0 unspecified atom stereocenters. The summed E-state index contributed by atoms with van der Waals surface area (Å²) in [5.74, 6) is 1.07. The number of rotatable bonds is 5. The van der Waals surface area contributed by atoms with E-state index in [4.69, 9.17) is 10.00 Å². The molecule has 0 bridgehead atoms. The average molecular weight is 271 g/mol. The first-order valence-electron chi connectivity index (χ1n) is 6.56. The van der Waals surface area contributed by atoms with E-state index in [0.717, 1.165) is 13.0 Å². The summed E-state index contributed by atoms with van der Waals surface area (Å²) in [6.45, 7) is 4.56. The van der Waals surface area contributed by atoms with E-state index in [9.17, 15) is 5.11 Å². The van der Waals surface area contributed by atoms with Gasteiger partial charge in [0.2, 0.25) is 0 Å². The van der Waals surface area contributed by atoms with Gasteiger partial charge in [-0.05, 0) is 25.5 Å². The second kappa shape index (κ2) is 6.22. The third-order valence-corrected chi connectivity index (χ3v) is 2.88. The van der Waals surface area contributed by atoms with Crippen molar-refractivity contribution < 1.29 is 9.84 Å². The molecule has 2 aromatic rings. The normalized spacial score (nSPS) is 11.9. The summed E-state index contributed by atoms with van der Waals surface area (Å²) in [5, 5.41) is 22.9. The van der Waals surface area contributed by atoms with Gasteiger partial charge in [-0.2, -0.15) is 10.4 Å². The van der Waals surface area contributed by atoms with E-state index >= 15 is 0 Å². The van der Waals surface area contributed by atoms with Gasteiger partial charge in [-0.15, -0.1) is 0 Å². The van der Waals surface area contributed by atoms with E-state index in [1.807, 2.05) is 0 Å². The lowest BCUT2D eigenvalue weighted by Crippen LogP contribution is -1.97. The zero-order valence-electron chi connectivity index (χ0n) is 11.6. The topological polar surface area (TPSA) is 71.1 Å². The molecule has 20 heavy (non-hydrogen) atoms. The number of nitrogens with zero attached hydrogens (tertiary/aromatic N) is 3. The van der Waals surface area contributed by atoms with Gasteiger partial charge in [0.25, 0.3) is 0 Å². The molecule has 1 aromatic heterocycles. The van der Waals surface area contributed by atoms with Crippen LogP contribution < -0.4 is 4.74 Å². The highest BCUT2D eigenvalue weighted by Gasteiger charge is 2.12. The quantitative estimate of drug-likeness (QED) is 0.907. The van der Waals surface area contributed by atoms with Gasteiger partial charge < -0.3 is 9.84 Å². The van der Waals surface area contributed by atoms with Gasteiger partial charge in [-0.1, -0.05) is 13.0 Å². The Labute approximate surface area is 118 Å². The summed E-state index contributed by atoms with van der Waals surface area (Å²) >= 11 is 0. The van der Waals surface area contributed by atoms with Crippen molar-refractivity contribution in [3.63, 3.8) is 0 Å². The van der Waals surface area contributed by atoms with Crippen LogP contribution in [0.4, 0.5) is 0 Å². The number of nitriles is 1. The van der Waals surface area contributed by atoms with E-state index in [1.165, 1.54) is 0 Å². The first-order valence-corrected chi connectivity index (χ1v) is 6.56. The average Bonchev–Trinajstić information content (AvgIpc) is 2.86. The number of hydrogen-bond acceptors (Lipinski definition) is 4. The zero-order valence-corrected chi connectivity index (χ0v) is 11.6. The Kier molecular flexibility index (Phi) is 4.38. The minimum absolute atomic E-state index is 0.482. The minimum atomic E-state index is -0.663. The van der Waals surface area contributed by atoms with Crippen LogP contribution in [0, 0.1) is 11.3 Å². The van der Waals surface area contributed by atoms with Crippen LogP contribution in [0.25, 0.3) is 0 Å². The molecule has 0 spiro atoms. The van der Waals surface area contributed by atoms with E-state index < -0.39 is 6.10 Å². The third-order valence-electron chi connectivity index (χ3n) is 2.88. The number of aryl methyl sites for hydroxylation is 1. The molecule has 0 radical (unpaired) electrons. The summed E-state index contributed by atoms with van der Waals surface area (Å²) in [6, 6.07) is 7.05. The predicted molar refractivity (Wildman–Crippen MR) is 74.4 cm³/mol. The Balaban J connectivity index is 2.28. The van der Waals surface area contributed by atoms with Gasteiger partial charge >= 0.3 is 0 Å². The third kappa shape index (κ3) is 3.16. The van der Waals surface area contributed by atoms with E-state index in [-0.39, 0.29) is 0 Å². The van der Waals surface area contributed by atoms with Crippen molar-refractivity contribution in [1.29, 1.82) is 5.26 Å². The van der Waals surface area contributed by atoms with Crippen molar-refractivity contribution >= 4 is 0 Å². The summed E-state index contributed by atoms with van der Waals surface area (Å²) in [6.07, 6.45) is 3.75. The maximum absolute atomic E-state index is 9.75. The molecule has 0 fully saturated rings. The lowest BCUT2D eigenvalue weighted by Gasteiger charge is -2.12. The summed E-state index contributed by atoms with van der Waals surface area (Å²) in [5.41, 5.74) is 1.14. The van der Waals surface area contributed by atoms with Crippen LogP contribution in [-0.2, 0) is 6.54 Å². The van der Waals surface area contributed by atoms with Gasteiger partial charge in [0.05, 0.1) is 30.1 Å². The van der Waals surface area contributed by atoms with Gasteiger partial charge in [0.15, 0.2) is 5.75 Å². The van der Waals surface area contributed by atoms with Crippen molar-refractivity contribution in [1.82, 2.24) is 9.78 Å². The number of benzene rings is 1. The maximum Gasteiger partial charge on any atom is 0.165 e. The molecule has 0 aliphatic rings. The molecule has 1 N–H and O–H groups in total. The van der Waals surface area contributed by atoms with E-state index in [1.54, 1.807) is 42.2 Å². The second-order valence-electron chi connectivity index (χ2n) is 4.58. The summed E-state index contributed by atoms with van der Waals surface area (Å²) in [4.78, 5) is 0. The van der Waals surface area contributed by atoms with E-state index in [0.29, 0.717) is 22.6 Å². The van der Waals surface area contributed by atoms with Crippen LogP contribution in [0.15, 0.2) is 30.6 Å². The molecule has 0 saturated carbocycles. The van der Waals surface area contributed by atoms with Crippen molar-refractivity contribution in [2.24, 2.45) is 0 Å². The SMILES string of the molecule is CCCn1cc(Oc2cc(C#N)ccc2[C@H](C)O)cn1. The molecule has 0 saturated heterocycles. The molecular weight excluding hydrogens is 254 g/mol. The van der Waals surface area contributed by atoms with Gasteiger partial charge in [-0.3, -0.25) is 4.68 Å². The molecule has 5 nitrogen and oxygen atoms in total. The molecule has 0 aliphatic heterocycles. The zero-order chi connectivity index (χ0) is 14.5. The molecule has 104 valence electrons. The number of aromatic nitrogens is 2. The van der Waals surface area contributed by atoms with Crippen molar-refractivity contribution in [2.75, 3.05) is 0 Å². The number of aliphatic hydroxyl groups is 1. The molecule has 0 aliphatic carbocycles. The van der Waals surface area contributed by atoms with E-state index in [2.05, 4.69) is 18.1 Å². The molecule has 2 rings (SSSR count). The Morgan fingerprint density at radius 2 is 2.30 bits per heavy atom. The highest BCUT2D eigenvalue weighted by Crippen LogP contribution is 2.30. The smallest absolute Gasteiger partial charge is 0.165 e. The monoisotopic (exact) mass is 271 g/mol. The molecule has 5 heteroatoms. The van der Waals surface area contributed by atoms with Gasteiger partial charge in [0, 0.05) is 12.1 Å². The van der Waals surface area contributed by atoms with Crippen molar-refractivity contribution in [3.05, 3.63) is 41.7 Å². The van der Waals surface area contributed by atoms with Crippen LogP contribution in [0.3, 0.4) is 0 Å². The largest absolute Gasteiger partial charge is 0.454 e. The Morgan fingerprint density at radius 3 is 2.95 bits per heavy atom. The van der Waals surface area contributed by atoms with Gasteiger partial charge in [-0.25, -0.2) is 0 Å². The van der Waals surface area contributed by atoms with Crippen LogP contribution >= 0.6 is 0 Å². The van der Waals surface area contributed by atoms with Crippen molar-refractivity contribution in [3.8, 4) is 17.6 Å². The minimum Gasteiger partial charge on any atom is -0.454 e. The van der Waals surface area contributed by atoms with Crippen LogP contribution in [0.5, 0.6) is 11.5 Å². The fourth-order valence-corrected chi connectivity index (χ4v) is 1.91. The Bertz CT molecular complexity index is 626. The highest BCUT2D eigenvalue weighted by molar-refractivity contribution is 5.45. The molecule has 1 heterocycles. The number of ether oxygens (including phenoxy) is 1. The molecule has 1 aromatic carbocycles. The van der Waals surface area contributed by atoms with Crippen LogP contribution in [0.2, 0.25) is 0 Å². The van der Waals surface area contributed by atoms with Crippen molar-refractivity contribution in [2.45, 2.75) is 32.9 Å². The Hall–Kier alpha value is -2.32. The fourth-order valence-electron chi connectivity index (χ4n) is 1.91. The fraction of sp³-hybridized carbons (Fsp3) is 0.333. The standard InChI is InChI=1S/C15H17N3O2/c1-3-6-18-10-13(9-17-18)20-15-7-12(8-16)4-5-14(15)11(2)19/h4-5,7,9-11,19H,3,6H2,1-2H3/t11-/m0/s1. The lowest BCUT2D eigenvalue weighted by molar-refractivity contribution is 0.195. The number of hydrogen-bond donors (Lipinski definition) is 1. The maximum atomic E-state index is 9.75. The summed E-state index contributed by atoms with van der Waals surface area (Å²) in [7, 11) is 0. The predicted octanol–water partition coefficient (Wildman–Crippen LogP) is 3.01. The van der Waals surface area contributed by atoms with Gasteiger partial charge in [0.1, 0.15) is 5.75 Å². The second-order valence-corrected chi connectivity index (χ2v) is 4.58. The molecule has 0 amide bonds. The first-order chi connectivity index (χ1) is 9.63. The molecular formula is C15H17N3O2. The Morgan fingerprint density at radius 1 is 1.50 bits per heavy atom.